The van der Waals surface area contributed by atoms with Gasteiger partial charge >= 0.3 is 6.18 Å². The predicted octanol–water partition coefficient (Wildman–Crippen LogP) is 4.11. The Hall–Kier alpha value is -3.09. The second-order valence-electron chi connectivity index (χ2n) is 11.1. The van der Waals surface area contributed by atoms with Gasteiger partial charge in [-0.15, -0.1) is 0 Å². The van der Waals surface area contributed by atoms with Gasteiger partial charge in [-0.05, 0) is 61.9 Å². The summed E-state index contributed by atoms with van der Waals surface area (Å²) in [5.74, 6) is 7.47. The fourth-order valence-corrected chi connectivity index (χ4v) is 7.56. The van der Waals surface area contributed by atoms with Gasteiger partial charge in [0.2, 0.25) is 10.0 Å². The van der Waals surface area contributed by atoms with Crippen LogP contribution in [0.5, 0.6) is 5.75 Å². The van der Waals surface area contributed by atoms with Crippen LogP contribution in [0.4, 0.5) is 24.5 Å². The number of rotatable bonds is 8. The number of halogens is 3. The second kappa shape index (κ2) is 13.5. The maximum atomic E-state index is 13.6. The molecule has 2 fully saturated rings. The average molecular weight is 652 g/mol. The molecule has 1 aliphatic carbocycles. The molecule has 2 heterocycles. The number of nitrogens with zero attached hydrogens (tertiary/aromatic N) is 2. The maximum Gasteiger partial charge on any atom is 0.406 e. The van der Waals surface area contributed by atoms with Crippen molar-refractivity contribution in [3.63, 3.8) is 0 Å². The molecule has 238 valence electrons. The molecule has 9 nitrogen and oxygen atoms in total. The number of primary sulfonamides is 1. The summed E-state index contributed by atoms with van der Waals surface area (Å²) in [4.78, 5) is 2.34. The zero-order valence-electron chi connectivity index (χ0n) is 24.3. The van der Waals surface area contributed by atoms with Crippen molar-refractivity contribution in [3.8, 4) is 17.6 Å². The first-order valence-corrected chi connectivity index (χ1v) is 17.4. The van der Waals surface area contributed by atoms with Crippen molar-refractivity contribution >= 4 is 43.5 Å². The van der Waals surface area contributed by atoms with E-state index < -0.39 is 33.9 Å². The molecule has 1 saturated carbocycles. The SMILES string of the molecule is COc1cc(S(N)(=O)=O)ccc1NCC#Cc1cc2c(N[C@H]3CC[C@H](N4CC[S+]([O-])CC4)CC3)cccc2n1CC(F)(F)F. The van der Waals surface area contributed by atoms with Crippen LogP contribution in [0.15, 0.2) is 47.4 Å². The van der Waals surface area contributed by atoms with E-state index in [4.69, 9.17) is 9.88 Å². The Morgan fingerprint density at radius 3 is 2.48 bits per heavy atom. The number of ether oxygens (including phenoxy) is 1. The van der Waals surface area contributed by atoms with Crippen LogP contribution >= 0.6 is 0 Å². The lowest BCUT2D eigenvalue weighted by molar-refractivity contribution is -0.140. The molecule has 4 N–H and O–H groups in total. The van der Waals surface area contributed by atoms with E-state index in [1.165, 1.54) is 29.9 Å². The zero-order chi connectivity index (χ0) is 31.5. The van der Waals surface area contributed by atoms with Crippen LogP contribution < -0.4 is 20.5 Å². The third-order valence-electron chi connectivity index (χ3n) is 8.15. The molecule has 1 aliphatic heterocycles. The van der Waals surface area contributed by atoms with Crippen LogP contribution in [0.3, 0.4) is 0 Å². The first-order chi connectivity index (χ1) is 20.9. The molecule has 0 atom stereocenters. The van der Waals surface area contributed by atoms with Crippen molar-refractivity contribution in [2.45, 2.75) is 55.4 Å². The zero-order valence-corrected chi connectivity index (χ0v) is 26.0. The summed E-state index contributed by atoms with van der Waals surface area (Å²) in [7, 11) is -2.54. The summed E-state index contributed by atoms with van der Waals surface area (Å²) in [6, 6.07) is 11.8. The van der Waals surface area contributed by atoms with Crippen LogP contribution in [0, 0.1) is 11.8 Å². The van der Waals surface area contributed by atoms with Gasteiger partial charge in [0, 0.05) is 42.3 Å². The Morgan fingerprint density at radius 1 is 1.09 bits per heavy atom. The van der Waals surface area contributed by atoms with Crippen molar-refractivity contribution in [2.75, 3.05) is 48.9 Å². The minimum atomic E-state index is -4.44. The molecule has 5 rings (SSSR count). The first kappa shape index (κ1) is 32.3. The summed E-state index contributed by atoms with van der Waals surface area (Å²) in [5, 5.41) is 12.5. The number of nitrogens with two attached hydrogens (primary N) is 1. The highest BCUT2D eigenvalue weighted by atomic mass is 32.2. The number of alkyl halides is 3. The fourth-order valence-electron chi connectivity index (χ4n) is 5.95. The smallest absolute Gasteiger partial charge is 0.406 e. The number of benzene rings is 2. The first-order valence-electron chi connectivity index (χ1n) is 14.4. The number of anilines is 2. The Morgan fingerprint density at radius 2 is 1.82 bits per heavy atom. The Bertz CT molecular complexity index is 1640. The molecule has 0 radical (unpaired) electrons. The minimum Gasteiger partial charge on any atom is -0.616 e. The molecule has 0 spiro atoms. The summed E-state index contributed by atoms with van der Waals surface area (Å²) >= 11 is -0.703. The van der Waals surface area contributed by atoms with Gasteiger partial charge < -0.3 is 24.5 Å². The minimum absolute atomic E-state index is 0.0693. The van der Waals surface area contributed by atoms with E-state index in [1.54, 1.807) is 18.2 Å². The van der Waals surface area contributed by atoms with Crippen LogP contribution in [-0.4, -0.2) is 78.9 Å². The van der Waals surface area contributed by atoms with Gasteiger partial charge in [-0.2, -0.15) is 13.2 Å². The predicted molar refractivity (Wildman–Crippen MR) is 167 cm³/mol. The van der Waals surface area contributed by atoms with Gasteiger partial charge in [0.05, 0.1) is 35.4 Å². The molecular formula is C30H36F3N5O4S2. The normalized spacial score (nSPS) is 20.2. The molecule has 1 aromatic heterocycles. The van der Waals surface area contributed by atoms with Crippen molar-refractivity contribution in [3.05, 3.63) is 48.2 Å². The monoisotopic (exact) mass is 651 g/mol. The topological polar surface area (TPSA) is 125 Å². The quantitative estimate of drug-likeness (QED) is 0.247. The van der Waals surface area contributed by atoms with E-state index >= 15 is 0 Å². The number of hydrogen-bond donors (Lipinski definition) is 3. The van der Waals surface area contributed by atoms with Crippen molar-refractivity contribution in [2.24, 2.45) is 5.14 Å². The lowest BCUT2D eigenvalue weighted by Crippen LogP contribution is -2.48. The lowest BCUT2D eigenvalue weighted by Gasteiger charge is -2.39. The molecule has 14 heteroatoms. The van der Waals surface area contributed by atoms with Gasteiger partial charge in [0.1, 0.15) is 23.8 Å². The highest BCUT2D eigenvalue weighted by Crippen LogP contribution is 2.33. The molecule has 1 saturated heterocycles. The number of aromatic nitrogens is 1. The molecule has 3 aromatic rings. The van der Waals surface area contributed by atoms with Gasteiger partial charge in [-0.3, -0.25) is 4.90 Å². The second-order valence-corrected chi connectivity index (χ2v) is 14.3. The number of fused-ring (bicyclic) bond motifs is 1. The Labute approximate surface area is 258 Å². The van der Waals surface area contributed by atoms with Gasteiger partial charge in [0.15, 0.2) is 0 Å². The number of hydrogen-bond acceptors (Lipinski definition) is 7. The maximum absolute atomic E-state index is 13.6. The standard InChI is InChI=1S/C30H36F3N5O4S2/c1-42-29-19-24(44(34,40)41)11-12-27(29)35-13-3-4-23-18-25-26(5-2-6-28(25)38(23)20-30(31,32)33)36-21-7-9-22(10-8-21)37-14-16-43(39)17-15-37/h2,5-6,11-12,18-19,21-22,35-36H,7-10,13-17,20H2,1H3,(H2,34,40,41)/t21-,22-. The summed E-state index contributed by atoms with van der Waals surface area (Å²) in [6.45, 7) is 0.643. The van der Waals surface area contributed by atoms with Crippen LogP contribution in [0.2, 0.25) is 0 Å². The van der Waals surface area contributed by atoms with E-state index in [2.05, 4.69) is 27.4 Å². The molecular weight excluding hydrogens is 615 g/mol. The van der Waals surface area contributed by atoms with Gasteiger partial charge in [0.25, 0.3) is 0 Å². The van der Waals surface area contributed by atoms with Crippen molar-refractivity contribution in [1.29, 1.82) is 0 Å². The molecule has 44 heavy (non-hydrogen) atoms. The number of nitrogens with one attached hydrogen (secondary N) is 2. The van der Waals surface area contributed by atoms with Crippen LogP contribution in [-0.2, 0) is 27.7 Å². The molecule has 2 aromatic carbocycles. The molecule has 2 aliphatic rings. The highest BCUT2D eigenvalue weighted by Gasteiger charge is 2.31. The van der Waals surface area contributed by atoms with E-state index in [9.17, 15) is 26.1 Å². The summed E-state index contributed by atoms with van der Waals surface area (Å²) in [6.07, 6.45) is -0.501. The fraction of sp³-hybridized carbons (Fsp3) is 0.467. The van der Waals surface area contributed by atoms with Crippen molar-refractivity contribution in [1.82, 2.24) is 9.47 Å². The molecule has 0 amide bonds. The van der Waals surface area contributed by atoms with Gasteiger partial charge in [-0.25, -0.2) is 13.6 Å². The third kappa shape index (κ3) is 7.94. The Kier molecular flexibility index (Phi) is 9.91. The Balaban J connectivity index is 1.31. The summed E-state index contributed by atoms with van der Waals surface area (Å²) in [5.41, 5.74) is 1.92. The van der Waals surface area contributed by atoms with E-state index in [0.29, 0.717) is 22.6 Å². The largest absolute Gasteiger partial charge is 0.616 e. The van der Waals surface area contributed by atoms with E-state index in [1.807, 2.05) is 6.07 Å². The van der Waals surface area contributed by atoms with Crippen LogP contribution in [0.25, 0.3) is 10.9 Å². The molecule has 0 unspecified atom stereocenters. The van der Waals surface area contributed by atoms with Crippen molar-refractivity contribution < 1.29 is 30.9 Å². The van der Waals surface area contributed by atoms with Crippen LogP contribution in [0.1, 0.15) is 31.4 Å². The van der Waals surface area contributed by atoms with Gasteiger partial charge in [-0.1, -0.05) is 23.2 Å². The number of sulfonamides is 1. The van der Waals surface area contributed by atoms with E-state index in [-0.39, 0.29) is 28.9 Å². The summed E-state index contributed by atoms with van der Waals surface area (Å²) < 4.78 is 82.3. The molecule has 0 bridgehead atoms. The lowest BCUT2D eigenvalue weighted by atomic mass is 9.90. The average Bonchev–Trinajstić information content (AvgIpc) is 3.32. The highest BCUT2D eigenvalue weighted by molar-refractivity contribution is 7.91. The third-order valence-corrected chi connectivity index (χ3v) is 10.3. The van der Waals surface area contributed by atoms with E-state index in [0.717, 1.165) is 56.0 Å². The number of methoxy groups -OCH3 is 1.